The number of nitrogens with zero attached hydrogens (tertiary/aromatic N) is 4. The van der Waals surface area contributed by atoms with Gasteiger partial charge in [0.1, 0.15) is 11.5 Å². The number of anilines is 1. The van der Waals surface area contributed by atoms with Crippen LogP contribution >= 0.6 is 0 Å². The van der Waals surface area contributed by atoms with Gasteiger partial charge in [-0.2, -0.15) is 0 Å². The van der Waals surface area contributed by atoms with Crippen LogP contribution in [0.2, 0.25) is 0 Å². The highest BCUT2D eigenvalue weighted by Gasteiger charge is 2.07. The van der Waals surface area contributed by atoms with E-state index in [9.17, 15) is 0 Å². The normalized spacial score (nSPS) is 11.5. The van der Waals surface area contributed by atoms with Crippen molar-refractivity contribution in [2.45, 2.75) is 13.3 Å². The van der Waals surface area contributed by atoms with Crippen molar-refractivity contribution >= 4 is 11.7 Å². The second kappa shape index (κ2) is 6.64. The molecule has 7 heteroatoms. The van der Waals surface area contributed by atoms with Crippen molar-refractivity contribution in [3.05, 3.63) is 18.1 Å². The van der Waals surface area contributed by atoms with Crippen LogP contribution in [0.5, 0.6) is 0 Å². The number of aliphatic hydroxyl groups excluding tert-OH is 1. The van der Waals surface area contributed by atoms with Gasteiger partial charge in [-0.3, -0.25) is 0 Å². The molecule has 1 aromatic rings. The Morgan fingerprint density at radius 2 is 2.24 bits per heavy atom. The lowest BCUT2D eigenvalue weighted by Crippen LogP contribution is -2.26. The van der Waals surface area contributed by atoms with Gasteiger partial charge < -0.3 is 20.9 Å². The number of oxime groups is 1. The molecule has 0 aromatic carbocycles. The van der Waals surface area contributed by atoms with E-state index in [1.165, 1.54) is 6.20 Å². The van der Waals surface area contributed by atoms with Gasteiger partial charge in [0.2, 0.25) is 0 Å². The Labute approximate surface area is 99.6 Å². The maximum absolute atomic E-state index is 8.78. The molecule has 1 aromatic heterocycles. The third-order valence-corrected chi connectivity index (χ3v) is 2.30. The van der Waals surface area contributed by atoms with Gasteiger partial charge >= 0.3 is 0 Å². The average Bonchev–Trinajstić information content (AvgIpc) is 2.39. The van der Waals surface area contributed by atoms with E-state index in [1.54, 1.807) is 6.20 Å². The maximum atomic E-state index is 8.78. The summed E-state index contributed by atoms with van der Waals surface area (Å²) in [6, 6.07) is 0. The Balaban J connectivity index is 2.77. The molecule has 1 heterocycles. The van der Waals surface area contributed by atoms with Crippen LogP contribution in [0.1, 0.15) is 19.0 Å². The molecule has 0 spiro atoms. The zero-order chi connectivity index (χ0) is 12.7. The van der Waals surface area contributed by atoms with Crippen LogP contribution in [-0.4, -0.2) is 45.8 Å². The highest BCUT2D eigenvalue weighted by Crippen LogP contribution is 2.09. The number of aromatic nitrogens is 2. The van der Waals surface area contributed by atoms with E-state index in [1.807, 2.05) is 11.8 Å². The van der Waals surface area contributed by atoms with Gasteiger partial charge in [0.25, 0.3) is 0 Å². The fraction of sp³-hybridized carbons (Fsp3) is 0.500. The Bertz CT molecular complexity index is 365. The SMILES string of the molecule is CCN(CCCO)c1cnc(C(N)=NO)cn1. The first-order chi connectivity index (χ1) is 8.22. The minimum absolute atomic E-state index is 0.0672. The standard InChI is InChI=1S/C10H17N5O2/c1-2-15(4-3-5-16)9-7-12-8(6-13-9)10(11)14-17/h6-7,16-17H,2-5H2,1H3,(H2,11,14). The molecule has 0 amide bonds. The summed E-state index contributed by atoms with van der Waals surface area (Å²) >= 11 is 0. The van der Waals surface area contributed by atoms with Gasteiger partial charge in [-0.15, -0.1) is 0 Å². The Morgan fingerprint density at radius 3 is 2.71 bits per heavy atom. The minimum atomic E-state index is -0.0672. The van der Waals surface area contributed by atoms with Gasteiger partial charge in [0, 0.05) is 19.7 Å². The number of rotatable bonds is 6. The zero-order valence-electron chi connectivity index (χ0n) is 9.74. The van der Waals surface area contributed by atoms with Gasteiger partial charge in [-0.05, 0) is 13.3 Å². The second-order valence-electron chi connectivity index (χ2n) is 3.40. The summed E-state index contributed by atoms with van der Waals surface area (Å²) in [5, 5.41) is 20.1. The molecule has 0 saturated carbocycles. The molecule has 0 unspecified atom stereocenters. The first kappa shape index (κ1) is 13.2. The van der Waals surface area contributed by atoms with Crippen LogP contribution in [0.15, 0.2) is 17.5 Å². The molecule has 94 valence electrons. The molecule has 0 aliphatic heterocycles. The second-order valence-corrected chi connectivity index (χ2v) is 3.40. The molecule has 0 fully saturated rings. The molecular weight excluding hydrogens is 222 g/mol. The van der Waals surface area contributed by atoms with Crippen LogP contribution in [0.3, 0.4) is 0 Å². The van der Waals surface area contributed by atoms with Crippen molar-refractivity contribution in [3.63, 3.8) is 0 Å². The van der Waals surface area contributed by atoms with E-state index in [0.717, 1.165) is 6.54 Å². The highest BCUT2D eigenvalue weighted by molar-refractivity contribution is 5.94. The lowest BCUT2D eigenvalue weighted by molar-refractivity contribution is 0.289. The first-order valence-electron chi connectivity index (χ1n) is 5.38. The van der Waals surface area contributed by atoms with Crippen LogP contribution in [-0.2, 0) is 0 Å². The molecule has 0 aliphatic carbocycles. The van der Waals surface area contributed by atoms with Crippen molar-refractivity contribution in [2.75, 3.05) is 24.6 Å². The van der Waals surface area contributed by atoms with Crippen LogP contribution in [0.25, 0.3) is 0 Å². The van der Waals surface area contributed by atoms with Gasteiger partial charge in [0.15, 0.2) is 5.84 Å². The smallest absolute Gasteiger partial charge is 0.190 e. The molecule has 4 N–H and O–H groups in total. The topological polar surface area (TPSA) is 108 Å². The summed E-state index contributed by atoms with van der Waals surface area (Å²) in [5.41, 5.74) is 5.71. The largest absolute Gasteiger partial charge is 0.409 e. The number of nitrogens with two attached hydrogens (primary N) is 1. The van der Waals surface area contributed by atoms with E-state index in [0.29, 0.717) is 24.5 Å². The third kappa shape index (κ3) is 3.56. The summed E-state index contributed by atoms with van der Waals surface area (Å²) < 4.78 is 0. The van der Waals surface area contributed by atoms with E-state index < -0.39 is 0 Å². The first-order valence-corrected chi connectivity index (χ1v) is 5.38. The van der Waals surface area contributed by atoms with E-state index >= 15 is 0 Å². The molecule has 0 radical (unpaired) electrons. The summed E-state index contributed by atoms with van der Waals surface area (Å²) in [7, 11) is 0. The van der Waals surface area contributed by atoms with Crippen LogP contribution < -0.4 is 10.6 Å². The predicted octanol–water partition coefficient (Wildman–Crippen LogP) is -0.220. The molecule has 17 heavy (non-hydrogen) atoms. The Kier molecular flexibility index (Phi) is 5.15. The molecule has 1 rings (SSSR count). The summed E-state index contributed by atoms with van der Waals surface area (Å²) in [6.45, 7) is 3.63. The molecule has 0 saturated heterocycles. The van der Waals surface area contributed by atoms with Gasteiger partial charge in [-0.1, -0.05) is 5.16 Å². The third-order valence-electron chi connectivity index (χ3n) is 2.30. The number of aliphatic hydroxyl groups is 1. The average molecular weight is 239 g/mol. The lowest BCUT2D eigenvalue weighted by Gasteiger charge is -2.20. The summed E-state index contributed by atoms with van der Waals surface area (Å²) in [6.07, 6.45) is 3.69. The van der Waals surface area contributed by atoms with Crippen LogP contribution in [0.4, 0.5) is 5.82 Å². The van der Waals surface area contributed by atoms with Crippen molar-refractivity contribution in [2.24, 2.45) is 10.9 Å². The highest BCUT2D eigenvalue weighted by atomic mass is 16.4. The number of amidine groups is 1. The lowest BCUT2D eigenvalue weighted by atomic mass is 10.3. The van der Waals surface area contributed by atoms with Crippen molar-refractivity contribution in [3.8, 4) is 0 Å². The Morgan fingerprint density at radius 1 is 1.47 bits per heavy atom. The molecular formula is C10H17N5O2. The number of hydrogen-bond acceptors (Lipinski definition) is 6. The minimum Gasteiger partial charge on any atom is -0.409 e. The van der Waals surface area contributed by atoms with Crippen molar-refractivity contribution < 1.29 is 10.3 Å². The summed E-state index contributed by atoms with van der Waals surface area (Å²) in [5.74, 6) is 0.637. The maximum Gasteiger partial charge on any atom is 0.190 e. The monoisotopic (exact) mass is 239 g/mol. The molecule has 0 atom stereocenters. The fourth-order valence-electron chi connectivity index (χ4n) is 1.36. The van der Waals surface area contributed by atoms with E-state index in [4.69, 9.17) is 16.0 Å². The fourth-order valence-corrected chi connectivity index (χ4v) is 1.36. The quantitative estimate of drug-likeness (QED) is 0.274. The zero-order valence-corrected chi connectivity index (χ0v) is 9.74. The molecule has 0 aliphatic rings. The van der Waals surface area contributed by atoms with Crippen LogP contribution in [0, 0.1) is 0 Å². The van der Waals surface area contributed by atoms with Gasteiger partial charge in [-0.25, -0.2) is 9.97 Å². The van der Waals surface area contributed by atoms with E-state index in [-0.39, 0.29) is 12.4 Å². The number of hydrogen-bond donors (Lipinski definition) is 3. The predicted molar refractivity (Wildman–Crippen MR) is 64.1 cm³/mol. The van der Waals surface area contributed by atoms with Gasteiger partial charge in [0.05, 0.1) is 12.4 Å². The van der Waals surface area contributed by atoms with Crippen molar-refractivity contribution in [1.29, 1.82) is 0 Å². The van der Waals surface area contributed by atoms with Crippen molar-refractivity contribution in [1.82, 2.24) is 9.97 Å². The molecule has 7 nitrogen and oxygen atoms in total. The Hall–Kier alpha value is -1.89. The van der Waals surface area contributed by atoms with E-state index in [2.05, 4.69) is 15.1 Å². The summed E-state index contributed by atoms with van der Waals surface area (Å²) in [4.78, 5) is 10.2. The molecule has 0 bridgehead atoms.